The number of hydrogen-bond donors (Lipinski definition) is 0. The Balaban J connectivity index is 2.02. The maximum absolute atomic E-state index is 13.1. The quantitative estimate of drug-likeness (QED) is 0.698. The average Bonchev–Trinajstić information content (AvgIpc) is 2.70. The van der Waals surface area contributed by atoms with E-state index in [4.69, 9.17) is 11.6 Å². The van der Waals surface area contributed by atoms with Crippen molar-refractivity contribution in [3.8, 4) is 0 Å². The highest BCUT2D eigenvalue weighted by Crippen LogP contribution is 2.37. The minimum Gasteiger partial charge on any atom is -0.204 e. The maximum atomic E-state index is 13.1. The fourth-order valence-electron chi connectivity index (χ4n) is 2.75. The van der Waals surface area contributed by atoms with E-state index in [0.717, 1.165) is 12.0 Å². The van der Waals surface area contributed by atoms with Crippen LogP contribution in [0.1, 0.15) is 31.7 Å². The molecule has 0 radical (unpaired) electrons. The Morgan fingerprint density at radius 2 is 2.06 bits per heavy atom. The molecule has 94 valence electrons. The molecule has 1 aromatic carbocycles. The van der Waals surface area contributed by atoms with Gasteiger partial charge in [0.05, 0.1) is 0 Å². The van der Waals surface area contributed by atoms with Crippen molar-refractivity contribution in [1.29, 1.82) is 0 Å². The standard InChI is InChI=1S/C14H17ClF2/c1-9-3-2-4-11(9)12(15)7-10-5-6-13(16)14(17)8-10/h5-6,8-9,11-12H,2-4,7H2,1H3. The van der Waals surface area contributed by atoms with Crippen LogP contribution in [0.4, 0.5) is 8.78 Å². The monoisotopic (exact) mass is 258 g/mol. The first kappa shape index (κ1) is 12.8. The topological polar surface area (TPSA) is 0 Å². The van der Waals surface area contributed by atoms with Crippen molar-refractivity contribution in [3.05, 3.63) is 35.4 Å². The van der Waals surface area contributed by atoms with E-state index in [9.17, 15) is 8.78 Å². The van der Waals surface area contributed by atoms with Crippen LogP contribution in [-0.2, 0) is 6.42 Å². The van der Waals surface area contributed by atoms with Gasteiger partial charge in [0.2, 0.25) is 0 Å². The second kappa shape index (κ2) is 5.34. The van der Waals surface area contributed by atoms with Crippen molar-refractivity contribution >= 4 is 11.6 Å². The summed E-state index contributed by atoms with van der Waals surface area (Å²) in [4.78, 5) is 0. The Labute approximate surface area is 106 Å². The average molecular weight is 259 g/mol. The molecule has 17 heavy (non-hydrogen) atoms. The predicted octanol–water partition coefficient (Wildman–Crippen LogP) is 4.55. The zero-order valence-corrected chi connectivity index (χ0v) is 10.7. The molecule has 0 heterocycles. The molecule has 3 unspecified atom stereocenters. The molecule has 3 heteroatoms. The van der Waals surface area contributed by atoms with Gasteiger partial charge in [0, 0.05) is 5.38 Å². The summed E-state index contributed by atoms with van der Waals surface area (Å²) in [6.07, 6.45) is 4.23. The van der Waals surface area contributed by atoms with Crippen LogP contribution in [0.15, 0.2) is 18.2 Å². The fourth-order valence-corrected chi connectivity index (χ4v) is 3.31. The lowest BCUT2D eigenvalue weighted by atomic mass is 9.91. The van der Waals surface area contributed by atoms with Gasteiger partial charge >= 0.3 is 0 Å². The van der Waals surface area contributed by atoms with Gasteiger partial charge in [-0.2, -0.15) is 0 Å². The van der Waals surface area contributed by atoms with E-state index in [1.165, 1.54) is 25.0 Å². The van der Waals surface area contributed by atoms with E-state index >= 15 is 0 Å². The van der Waals surface area contributed by atoms with Gasteiger partial charge in [-0.15, -0.1) is 11.6 Å². The molecule has 1 saturated carbocycles. The molecule has 2 rings (SSSR count). The molecule has 1 aliphatic carbocycles. The second-order valence-corrected chi connectivity index (χ2v) is 5.60. The van der Waals surface area contributed by atoms with Crippen LogP contribution in [-0.4, -0.2) is 5.38 Å². The Bertz CT molecular complexity index is 392. The van der Waals surface area contributed by atoms with E-state index in [-0.39, 0.29) is 5.38 Å². The largest absolute Gasteiger partial charge is 0.204 e. The van der Waals surface area contributed by atoms with Crippen LogP contribution in [0.2, 0.25) is 0 Å². The SMILES string of the molecule is CC1CCCC1C(Cl)Cc1ccc(F)c(F)c1. The molecule has 1 fully saturated rings. The number of alkyl halides is 1. The van der Waals surface area contributed by atoms with Crippen LogP contribution in [0.3, 0.4) is 0 Å². The fraction of sp³-hybridized carbons (Fsp3) is 0.571. The molecule has 0 spiro atoms. The Kier molecular flexibility index (Phi) is 4.03. The van der Waals surface area contributed by atoms with E-state index in [2.05, 4.69) is 6.92 Å². The summed E-state index contributed by atoms with van der Waals surface area (Å²) in [5, 5.41) is 0.0253. The molecule has 3 atom stereocenters. The summed E-state index contributed by atoms with van der Waals surface area (Å²) in [7, 11) is 0. The van der Waals surface area contributed by atoms with E-state index in [1.54, 1.807) is 6.07 Å². The summed E-state index contributed by atoms with van der Waals surface area (Å²) in [6, 6.07) is 4.05. The molecule has 0 aromatic heterocycles. The number of benzene rings is 1. The van der Waals surface area contributed by atoms with Crippen LogP contribution >= 0.6 is 11.6 Å². The van der Waals surface area contributed by atoms with Gasteiger partial charge in [-0.25, -0.2) is 8.78 Å². The minimum atomic E-state index is -0.797. The molecule has 0 aliphatic heterocycles. The zero-order valence-electron chi connectivity index (χ0n) is 9.93. The van der Waals surface area contributed by atoms with Crippen molar-refractivity contribution in [3.63, 3.8) is 0 Å². The number of hydrogen-bond acceptors (Lipinski definition) is 0. The number of halogens is 3. The van der Waals surface area contributed by atoms with Crippen LogP contribution < -0.4 is 0 Å². The molecular formula is C14H17ClF2. The molecule has 1 aliphatic rings. The first-order valence-corrected chi connectivity index (χ1v) is 6.59. The van der Waals surface area contributed by atoms with E-state index < -0.39 is 11.6 Å². The summed E-state index contributed by atoms with van der Waals surface area (Å²) in [6.45, 7) is 2.22. The highest BCUT2D eigenvalue weighted by molar-refractivity contribution is 6.21. The minimum absolute atomic E-state index is 0.0253. The van der Waals surface area contributed by atoms with Crippen LogP contribution in [0, 0.1) is 23.5 Å². The lowest BCUT2D eigenvalue weighted by Crippen LogP contribution is -2.19. The van der Waals surface area contributed by atoms with Crippen molar-refractivity contribution in [1.82, 2.24) is 0 Å². The van der Waals surface area contributed by atoms with Crippen LogP contribution in [0.5, 0.6) is 0 Å². The lowest BCUT2D eigenvalue weighted by molar-refractivity contribution is 0.398. The van der Waals surface area contributed by atoms with E-state index in [1.807, 2.05) is 0 Å². The third kappa shape index (κ3) is 2.98. The summed E-state index contributed by atoms with van der Waals surface area (Å²) in [5.41, 5.74) is 0.781. The van der Waals surface area contributed by atoms with Gasteiger partial charge in [-0.05, 0) is 42.4 Å². The van der Waals surface area contributed by atoms with Gasteiger partial charge in [-0.1, -0.05) is 25.8 Å². The molecule has 0 saturated heterocycles. The van der Waals surface area contributed by atoms with Crippen molar-refractivity contribution in [2.75, 3.05) is 0 Å². The van der Waals surface area contributed by atoms with Gasteiger partial charge in [0.1, 0.15) is 0 Å². The third-order valence-electron chi connectivity index (χ3n) is 3.81. The molecule has 0 nitrogen and oxygen atoms in total. The van der Waals surface area contributed by atoms with Crippen molar-refractivity contribution in [2.24, 2.45) is 11.8 Å². The van der Waals surface area contributed by atoms with Crippen molar-refractivity contribution < 1.29 is 8.78 Å². The molecular weight excluding hydrogens is 242 g/mol. The van der Waals surface area contributed by atoms with Gasteiger partial charge in [0.15, 0.2) is 11.6 Å². The van der Waals surface area contributed by atoms with Gasteiger partial charge in [0.25, 0.3) is 0 Å². The van der Waals surface area contributed by atoms with Gasteiger partial charge in [-0.3, -0.25) is 0 Å². The van der Waals surface area contributed by atoms with Crippen molar-refractivity contribution in [2.45, 2.75) is 38.0 Å². The van der Waals surface area contributed by atoms with Gasteiger partial charge < -0.3 is 0 Å². The Morgan fingerprint density at radius 1 is 1.29 bits per heavy atom. The van der Waals surface area contributed by atoms with Crippen LogP contribution in [0.25, 0.3) is 0 Å². The smallest absolute Gasteiger partial charge is 0.159 e. The summed E-state index contributed by atoms with van der Waals surface area (Å²) in [5.74, 6) is -0.437. The highest BCUT2D eigenvalue weighted by Gasteiger charge is 2.29. The maximum Gasteiger partial charge on any atom is 0.159 e. The first-order chi connectivity index (χ1) is 8.08. The number of rotatable bonds is 3. The van der Waals surface area contributed by atoms with E-state index in [0.29, 0.717) is 18.3 Å². The zero-order chi connectivity index (χ0) is 12.4. The molecule has 1 aromatic rings. The molecule has 0 bridgehead atoms. The predicted molar refractivity (Wildman–Crippen MR) is 66.2 cm³/mol. The Morgan fingerprint density at radius 3 is 2.65 bits per heavy atom. The summed E-state index contributed by atoms with van der Waals surface area (Å²) >= 11 is 6.39. The first-order valence-electron chi connectivity index (χ1n) is 6.16. The third-order valence-corrected chi connectivity index (χ3v) is 4.29. The highest BCUT2D eigenvalue weighted by atomic mass is 35.5. The lowest BCUT2D eigenvalue weighted by Gasteiger charge is -2.21. The summed E-state index contributed by atoms with van der Waals surface area (Å²) < 4.78 is 25.9. The normalized spacial score (nSPS) is 26.1. The second-order valence-electron chi connectivity index (χ2n) is 5.04. The Hall–Kier alpha value is -0.630. The molecule has 0 N–H and O–H groups in total. The molecule has 0 amide bonds.